The van der Waals surface area contributed by atoms with Gasteiger partial charge in [0.15, 0.2) is 0 Å². The van der Waals surface area contributed by atoms with Crippen molar-refractivity contribution in [3.63, 3.8) is 0 Å². The Balaban J connectivity index is 2.82. The number of likely N-dealkylation sites (tertiary alicyclic amines) is 1. The van der Waals surface area contributed by atoms with Crippen LogP contribution < -0.4 is 0 Å². The van der Waals surface area contributed by atoms with E-state index < -0.39 is 30.3 Å². The minimum atomic E-state index is -2.23. The van der Waals surface area contributed by atoms with Crippen molar-refractivity contribution >= 4 is 30.1 Å². The van der Waals surface area contributed by atoms with Crippen molar-refractivity contribution in [2.75, 3.05) is 7.05 Å². The predicted octanol–water partition coefficient (Wildman–Crippen LogP) is 7.48. The van der Waals surface area contributed by atoms with Crippen molar-refractivity contribution in [2.24, 2.45) is 5.92 Å². The summed E-state index contributed by atoms with van der Waals surface area (Å²) in [6, 6.07) is -0.507. The molecule has 1 aliphatic heterocycles. The van der Waals surface area contributed by atoms with Crippen LogP contribution in [0.15, 0.2) is 58.0 Å². The van der Waals surface area contributed by atoms with Crippen LogP contribution in [0.1, 0.15) is 73.1 Å². The number of nitrogens with zero attached hydrogens (tertiary/aromatic N) is 1. The number of carbonyl (C=O) groups is 2. The van der Waals surface area contributed by atoms with Gasteiger partial charge in [0.1, 0.15) is 0 Å². The van der Waals surface area contributed by atoms with Crippen LogP contribution in [-0.2, 0) is 9.59 Å². The summed E-state index contributed by atoms with van der Waals surface area (Å²) in [5, 5.41) is 10.3. The molecule has 1 rings (SSSR count). The number of unbranched alkanes of at least 4 members (excludes halogenated alkanes) is 3. The minimum absolute atomic E-state index is 0.00287. The number of Topliss-reactive ketones (excluding diaryl/α,β-unsaturated/α-hetero) is 1. The molecule has 190 valence electrons. The summed E-state index contributed by atoms with van der Waals surface area (Å²) in [6.07, 6.45) is 21.1. The summed E-state index contributed by atoms with van der Waals surface area (Å²) in [5.74, 6) is -0.977. The van der Waals surface area contributed by atoms with Gasteiger partial charge in [0.05, 0.1) is 0 Å². The van der Waals surface area contributed by atoms with Crippen molar-refractivity contribution in [2.45, 2.75) is 92.5 Å². The summed E-state index contributed by atoms with van der Waals surface area (Å²) in [6.45, 7) is 10.7. The molecule has 1 fully saturated rings. The molecule has 0 saturated carbocycles. The van der Waals surface area contributed by atoms with Gasteiger partial charge in [-0.05, 0) is 5.92 Å². The molecule has 1 N–H and O–H groups in total. The normalized spacial score (nSPS) is 19.4. The molecule has 0 aromatic heterocycles. The predicted molar refractivity (Wildman–Crippen MR) is 148 cm³/mol. The fraction of sp³-hybridized carbons (Fsp3) is 0.586. The van der Waals surface area contributed by atoms with Crippen LogP contribution in [0.25, 0.3) is 0 Å². The monoisotopic (exact) mass is 577 g/mol. The molecule has 0 radical (unpaired) electrons. The van der Waals surface area contributed by atoms with Gasteiger partial charge >= 0.3 is 186 Å². The molecule has 0 aromatic rings. The number of aliphatic hydroxyl groups is 1. The van der Waals surface area contributed by atoms with Crippen molar-refractivity contribution in [1.29, 1.82) is 0 Å². The summed E-state index contributed by atoms with van der Waals surface area (Å²) >= 11 is -2.23. The second-order valence-corrected chi connectivity index (χ2v) is 22.9. The van der Waals surface area contributed by atoms with Gasteiger partial charge in [-0.1, -0.05) is 13.8 Å². The van der Waals surface area contributed by atoms with Crippen LogP contribution in [0, 0.1) is 5.92 Å². The Labute approximate surface area is 212 Å². The van der Waals surface area contributed by atoms with Gasteiger partial charge in [-0.2, -0.15) is 0 Å². The quantitative estimate of drug-likeness (QED) is 0.0724. The number of allylic oxidation sites excluding steroid dienone is 7. The van der Waals surface area contributed by atoms with E-state index in [2.05, 4.69) is 37.0 Å². The maximum absolute atomic E-state index is 12.5. The van der Waals surface area contributed by atoms with Gasteiger partial charge in [-0.3, -0.25) is 0 Å². The molecule has 0 aliphatic carbocycles. The average molecular weight is 576 g/mol. The molecule has 4 nitrogen and oxygen atoms in total. The van der Waals surface area contributed by atoms with Crippen LogP contribution in [0.4, 0.5) is 0 Å². The van der Waals surface area contributed by atoms with Crippen LogP contribution in [0.2, 0.25) is 13.3 Å². The molecule has 0 unspecified atom stereocenters. The number of hydrogen-bond acceptors (Lipinski definition) is 3. The molecular formula is C29H47NO3Sn. The Morgan fingerprint density at radius 3 is 1.79 bits per heavy atom. The summed E-state index contributed by atoms with van der Waals surface area (Å²) in [5.41, 5.74) is -0.112. The number of ketones is 1. The molecule has 1 aliphatic rings. The summed E-state index contributed by atoms with van der Waals surface area (Å²) < 4.78 is 7.02. The molecule has 1 amide bonds. The first-order valence-electron chi connectivity index (χ1n) is 13.2. The molecule has 5 heteroatoms. The molecule has 1 heterocycles. The Bertz CT molecular complexity index is 782. The topological polar surface area (TPSA) is 57.6 Å². The van der Waals surface area contributed by atoms with Gasteiger partial charge < -0.3 is 0 Å². The second-order valence-electron chi connectivity index (χ2n) is 9.89. The zero-order valence-corrected chi connectivity index (χ0v) is 25.2. The number of rotatable bonds is 15. The van der Waals surface area contributed by atoms with Crippen molar-refractivity contribution < 1.29 is 14.7 Å². The summed E-state index contributed by atoms with van der Waals surface area (Å²) in [7, 11) is 1.61. The van der Waals surface area contributed by atoms with E-state index in [1.54, 1.807) is 19.2 Å². The summed E-state index contributed by atoms with van der Waals surface area (Å²) in [4.78, 5) is 26.3. The van der Waals surface area contributed by atoms with E-state index in [0.717, 1.165) is 0 Å². The first-order valence-corrected chi connectivity index (χ1v) is 20.9. The van der Waals surface area contributed by atoms with Crippen molar-refractivity contribution in [3.05, 3.63) is 58.0 Å². The number of hydrogen-bond donors (Lipinski definition) is 1. The first kappa shape index (κ1) is 30.5. The third-order valence-corrected chi connectivity index (χ3v) is 20.8. The van der Waals surface area contributed by atoms with Gasteiger partial charge in [0, 0.05) is 7.05 Å². The van der Waals surface area contributed by atoms with E-state index in [4.69, 9.17) is 0 Å². The average Bonchev–Trinajstić information content (AvgIpc) is 3.03. The zero-order chi connectivity index (χ0) is 25.6. The van der Waals surface area contributed by atoms with Crippen LogP contribution in [-0.4, -0.2) is 53.2 Å². The van der Waals surface area contributed by atoms with Crippen LogP contribution >= 0.6 is 0 Å². The molecular weight excluding hydrogens is 529 g/mol. The zero-order valence-electron chi connectivity index (χ0n) is 22.3. The standard InChI is InChI=1S/C17H20NO3.3C4H9.Sn/c1-5-6-7-8-9-10-11-13(19)14-16(20)15(12(2)3)18(4)17(14)21;3*1-3-4-2;/h1,5-12,15,19H,2-4H3;3*1,3-4H2,2H3;/b5-1?,7-6+,9-8+,11-10+,14-13-;;;;/t15-;;;;/m0..../s1. The first-order chi connectivity index (χ1) is 16.2. The van der Waals surface area contributed by atoms with E-state index >= 15 is 0 Å². The number of likely N-dealkylation sites (N-methyl/N-ethyl adjacent to an activating group) is 1. The number of carbonyl (C=O) groups excluding carboxylic acids is 2. The maximum atomic E-state index is 12.5. The SMILES string of the molecule is CCC[CH2][Sn](/[CH]=C/C=C/C=C/C=C/C(O)=C1\C(=O)[C@H](C(C)C)N(C)C1=O)([CH2]CCC)[CH2]CCC. The molecule has 0 spiro atoms. The van der Waals surface area contributed by atoms with E-state index in [1.165, 1.54) is 62.8 Å². The van der Waals surface area contributed by atoms with Gasteiger partial charge in [0.25, 0.3) is 0 Å². The number of amides is 1. The molecule has 34 heavy (non-hydrogen) atoms. The third-order valence-electron chi connectivity index (χ3n) is 6.70. The molecule has 0 bridgehead atoms. The molecule has 1 atom stereocenters. The van der Waals surface area contributed by atoms with E-state index in [0.29, 0.717) is 0 Å². The number of aliphatic hydroxyl groups excluding tert-OH is 1. The Kier molecular flexibility index (Phi) is 14.5. The Morgan fingerprint density at radius 1 is 0.882 bits per heavy atom. The van der Waals surface area contributed by atoms with Crippen molar-refractivity contribution in [3.8, 4) is 0 Å². The molecule has 0 aromatic carbocycles. The van der Waals surface area contributed by atoms with Crippen LogP contribution in [0.5, 0.6) is 0 Å². The fourth-order valence-corrected chi connectivity index (χ4v) is 18.8. The Hall–Kier alpha value is -1.56. The Morgan fingerprint density at radius 2 is 1.35 bits per heavy atom. The second kappa shape index (κ2) is 16.2. The molecule has 1 saturated heterocycles. The van der Waals surface area contributed by atoms with E-state index in [9.17, 15) is 14.7 Å². The third kappa shape index (κ3) is 9.24. The van der Waals surface area contributed by atoms with E-state index in [1.807, 2.05) is 26.0 Å². The van der Waals surface area contributed by atoms with Crippen LogP contribution in [0.3, 0.4) is 0 Å². The van der Waals surface area contributed by atoms with Crippen molar-refractivity contribution in [1.82, 2.24) is 4.90 Å². The van der Waals surface area contributed by atoms with Gasteiger partial charge in [0.2, 0.25) is 0 Å². The van der Waals surface area contributed by atoms with Gasteiger partial charge in [-0.25, -0.2) is 0 Å². The van der Waals surface area contributed by atoms with E-state index in [-0.39, 0.29) is 23.0 Å². The fourth-order valence-electron chi connectivity index (χ4n) is 4.68. The van der Waals surface area contributed by atoms with Gasteiger partial charge in [-0.15, -0.1) is 0 Å².